The summed E-state index contributed by atoms with van der Waals surface area (Å²) >= 11 is 0. The number of anilines is 1. The van der Waals surface area contributed by atoms with Crippen LogP contribution in [0, 0.1) is 6.42 Å². The summed E-state index contributed by atoms with van der Waals surface area (Å²) in [5.74, 6) is 5.20. The molecule has 0 aliphatic heterocycles. The van der Waals surface area contributed by atoms with Crippen LogP contribution in [0.25, 0.3) is 0 Å². The molecule has 0 fully saturated rings. The van der Waals surface area contributed by atoms with E-state index in [4.69, 9.17) is 5.84 Å². The summed E-state index contributed by atoms with van der Waals surface area (Å²) < 4.78 is 0. The molecule has 19 heavy (non-hydrogen) atoms. The zero-order valence-electron chi connectivity index (χ0n) is 11.0. The Kier molecular flexibility index (Phi) is 6.98. The van der Waals surface area contributed by atoms with Gasteiger partial charge in [-0.15, -0.1) is 0 Å². The Bertz CT molecular complexity index is 457. The number of amides is 1. The molecule has 0 saturated heterocycles. The van der Waals surface area contributed by atoms with Gasteiger partial charge in [0.25, 0.3) is 0 Å². The van der Waals surface area contributed by atoms with Crippen LogP contribution < -0.4 is 10.9 Å². The molecule has 0 spiro atoms. The summed E-state index contributed by atoms with van der Waals surface area (Å²) in [7, 11) is 0. The molecular formula is C16H18N2O. The molecule has 2 aromatic carbocycles. The highest BCUT2D eigenvalue weighted by atomic mass is 16.1. The standard InChI is InChI=1S/C9H11.C7H7N2O/c1-2-6-9-7-4-3-5-8-9;8-9(6-10)7-4-2-1-3-5-7/h3-8H,2H2,1H3;1-5H,8H2. The second kappa shape index (κ2) is 8.89. The van der Waals surface area contributed by atoms with E-state index in [1.807, 2.05) is 12.1 Å². The SMILES string of the molecule is CC[CH]c1ccccc1.NN([C]=O)c1ccccc1. The van der Waals surface area contributed by atoms with Crippen molar-refractivity contribution in [2.24, 2.45) is 5.84 Å². The van der Waals surface area contributed by atoms with Crippen molar-refractivity contribution in [3.8, 4) is 0 Å². The van der Waals surface area contributed by atoms with E-state index in [0.717, 1.165) is 11.4 Å². The number of nitrogens with two attached hydrogens (primary N) is 1. The number of benzene rings is 2. The van der Waals surface area contributed by atoms with Gasteiger partial charge in [0.2, 0.25) is 0 Å². The minimum Gasteiger partial charge on any atom is -0.261 e. The fourth-order valence-electron chi connectivity index (χ4n) is 1.47. The van der Waals surface area contributed by atoms with E-state index in [-0.39, 0.29) is 0 Å². The zero-order valence-corrected chi connectivity index (χ0v) is 11.0. The molecule has 2 rings (SSSR count). The average molecular weight is 254 g/mol. The Morgan fingerprint density at radius 2 is 1.58 bits per heavy atom. The van der Waals surface area contributed by atoms with E-state index in [2.05, 4.69) is 37.6 Å². The number of nitrogens with zero attached hydrogens (tertiary/aromatic N) is 1. The van der Waals surface area contributed by atoms with Gasteiger partial charge >= 0.3 is 6.41 Å². The van der Waals surface area contributed by atoms with Crippen LogP contribution in [0.15, 0.2) is 60.7 Å². The molecule has 0 aromatic heterocycles. The number of carbonyl (C=O) groups excluding carboxylic acids is 1. The molecule has 0 aliphatic carbocycles. The molecule has 0 unspecified atom stereocenters. The van der Waals surface area contributed by atoms with Crippen LogP contribution in [0.3, 0.4) is 0 Å². The highest BCUT2D eigenvalue weighted by Crippen LogP contribution is 2.06. The van der Waals surface area contributed by atoms with Crippen molar-refractivity contribution in [3.05, 3.63) is 72.6 Å². The fraction of sp³-hybridized carbons (Fsp3) is 0.125. The lowest BCUT2D eigenvalue weighted by molar-refractivity contribution is 0.552. The fourth-order valence-corrected chi connectivity index (χ4v) is 1.47. The molecule has 0 heterocycles. The van der Waals surface area contributed by atoms with Crippen LogP contribution in [-0.2, 0) is 4.79 Å². The molecule has 2 radical (unpaired) electrons. The van der Waals surface area contributed by atoms with E-state index in [1.54, 1.807) is 30.7 Å². The Balaban J connectivity index is 0.000000191. The summed E-state index contributed by atoms with van der Waals surface area (Å²) in [6.45, 7) is 2.15. The number of hydrogen-bond donors (Lipinski definition) is 1. The number of para-hydroxylation sites is 1. The first-order valence-corrected chi connectivity index (χ1v) is 6.13. The maximum absolute atomic E-state index is 9.98. The van der Waals surface area contributed by atoms with E-state index in [9.17, 15) is 4.79 Å². The molecule has 0 atom stereocenters. The largest absolute Gasteiger partial charge is 0.332 e. The van der Waals surface area contributed by atoms with Gasteiger partial charge < -0.3 is 0 Å². The van der Waals surface area contributed by atoms with Gasteiger partial charge in [-0.2, -0.15) is 0 Å². The zero-order chi connectivity index (χ0) is 13.9. The lowest BCUT2D eigenvalue weighted by Crippen LogP contribution is -2.28. The van der Waals surface area contributed by atoms with Crippen molar-refractivity contribution in [1.29, 1.82) is 0 Å². The number of hydrazine groups is 1. The molecule has 3 heteroatoms. The minimum absolute atomic E-state index is 0.637. The minimum atomic E-state index is 0.637. The summed E-state index contributed by atoms with van der Waals surface area (Å²) in [6, 6.07) is 19.3. The molecule has 0 bridgehead atoms. The Labute approximate surface area is 114 Å². The highest BCUT2D eigenvalue weighted by Gasteiger charge is 1.95. The lowest BCUT2D eigenvalue weighted by Gasteiger charge is -2.06. The van der Waals surface area contributed by atoms with E-state index in [1.165, 1.54) is 5.56 Å². The highest BCUT2D eigenvalue weighted by molar-refractivity contribution is 5.73. The molecule has 0 saturated carbocycles. The van der Waals surface area contributed by atoms with Crippen molar-refractivity contribution in [2.45, 2.75) is 13.3 Å². The van der Waals surface area contributed by atoms with Gasteiger partial charge in [0.05, 0.1) is 5.69 Å². The molecule has 98 valence electrons. The smallest absolute Gasteiger partial charge is 0.261 e. The Morgan fingerprint density at radius 3 is 2.05 bits per heavy atom. The molecule has 2 aromatic rings. The second-order valence-electron chi connectivity index (χ2n) is 3.82. The monoisotopic (exact) mass is 254 g/mol. The Hall–Kier alpha value is -2.13. The maximum atomic E-state index is 9.98. The number of rotatable bonds is 4. The van der Waals surface area contributed by atoms with E-state index < -0.39 is 0 Å². The number of hydrogen-bond acceptors (Lipinski definition) is 2. The third kappa shape index (κ3) is 5.84. The van der Waals surface area contributed by atoms with Crippen LogP contribution in [0.2, 0.25) is 0 Å². The summed E-state index contributed by atoms with van der Waals surface area (Å²) in [6.07, 6.45) is 4.87. The maximum Gasteiger partial charge on any atom is 0.332 e. The van der Waals surface area contributed by atoms with Gasteiger partial charge in [-0.05, 0) is 30.5 Å². The molecule has 1 amide bonds. The normalized spacial score (nSPS) is 9.16. The van der Waals surface area contributed by atoms with Crippen molar-refractivity contribution >= 4 is 12.1 Å². The molecule has 0 aliphatic rings. The first-order chi connectivity index (χ1) is 9.27. The van der Waals surface area contributed by atoms with Crippen molar-refractivity contribution in [3.63, 3.8) is 0 Å². The predicted molar refractivity (Wildman–Crippen MR) is 78.9 cm³/mol. The first kappa shape index (κ1) is 14.9. The van der Waals surface area contributed by atoms with Crippen LogP contribution >= 0.6 is 0 Å². The van der Waals surface area contributed by atoms with Gasteiger partial charge in [0.1, 0.15) is 0 Å². The Morgan fingerprint density at radius 1 is 1.05 bits per heavy atom. The van der Waals surface area contributed by atoms with Gasteiger partial charge in [-0.3, -0.25) is 4.79 Å². The molecular weight excluding hydrogens is 236 g/mol. The lowest BCUT2D eigenvalue weighted by atomic mass is 10.1. The van der Waals surface area contributed by atoms with E-state index in [0.29, 0.717) is 5.69 Å². The summed E-state index contributed by atoms with van der Waals surface area (Å²) in [5.41, 5.74) is 1.96. The van der Waals surface area contributed by atoms with Crippen LogP contribution in [0.4, 0.5) is 5.69 Å². The van der Waals surface area contributed by atoms with Crippen LogP contribution in [0.1, 0.15) is 18.9 Å². The quantitative estimate of drug-likeness (QED) is 0.394. The summed E-state index contributed by atoms with van der Waals surface area (Å²) in [4.78, 5) is 9.98. The summed E-state index contributed by atoms with van der Waals surface area (Å²) in [5, 5.41) is 0.903. The van der Waals surface area contributed by atoms with Gasteiger partial charge in [0.15, 0.2) is 0 Å². The van der Waals surface area contributed by atoms with Crippen molar-refractivity contribution < 1.29 is 4.79 Å². The van der Waals surface area contributed by atoms with Gasteiger partial charge in [-0.1, -0.05) is 55.5 Å². The van der Waals surface area contributed by atoms with E-state index >= 15 is 0 Å². The first-order valence-electron chi connectivity index (χ1n) is 6.13. The topological polar surface area (TPSA) is 46.3 Å². The van der Waals surface area contributed by atoms with Crippen LogP contribution in [-0.4, -0.2) is 6.41 Å². The van der Waals surface area contributed by atoms with Crippen molar-refractivity contribution in [2.75, 3.05) is 5.01 Å². The van der Waals surface area contributed by atoms with Crippen molar-refractivity contribution in [1.82, 2.24) is 0 Å². The average Bonchev–Trinajstić information content (AvgIpc) is 2.49. The third-order valence-corrected chi connectivity index (χ3v) is 2.37. The molecule has 3 nitrogen and oxygen atoms in total. The van der Waals surface area contributed by atoms with Crippen LogP contribution in [0.5, 0.6) is 0 Å². The van der Waals surface area contributed by atoms with Gasteiger partial charge in [0, 0.05) is 0 Å². The third-order valence-electron chi connectivity index (χ3n) is 2.37. The molecule has 2 N–H and O–H groups in total. The van der Waals surface area contributed by atoms with Gasteiger partial charge in [-0.25, -0.2) is 10.9 Å². The second-order valence-corrected chi connectivity index (χ2v) is 3.82. The predicted octanol–water partition coefficient (Wildman–Crippen LogP) is 3.08.